The minimum Gasteiger partial charge on any atom is -0.496 e. The normalized spacial score (nSPS) is 14.5. The number of benzene rings is 1. The third-order valence-corrected chi connectivity index (χ3v) is 2.80. The molecule has 2 N–H and O–H groups in total. The predicted molar refractivity (Wildman–Crippen MR) is 65.7 cm³/mol. The monoisotopic (exact) mass is 223 g/mol. The first-order chi connectivity index (χ1) is 7.72. The smallest absolute Gasteiger partial charge is 0.123 e. The molecule has 0 aliphatic rings. The second-order valence-corrected chi connectivity index (χ2v) is 3.92. The molecule has 0 aromatic heterocycles. The van der Waals surface area contributed by atoms with Crippen molar-refractivity contribution in [3.63, 3.8) is 0 Å². The molecule has 3 nitrogen and oxygen atoms in total. The van der Waals surface area contributed by atoms with Crippen LogP contribution in [-0.4, -0.2) is 24.9 Å². The molecule has 0 radical (unpaired) electrons. The molecule has 1 aromatic carbocycles. The van der Waals surface area contributed by atoms with Crippen molar-refractivity contribution < 1.29 is 9.84 Å². The zero-order valence-corrected chi connectivity index (χ0v) is 10.2. The summed E-state index contributed by atoms with van der Waals surface area (Å²) in [6.45, 7) is 4.30. The summed E-state index contributed by atoms with van der Waals surface area (Å²) in [5.41, 5.74) is 1.12. The van der Waals surface area contributed by atoms with Gasteiger partial charge >= 0.3 is 0 Å². The lowest BCUT2D eigenvalue weighted by atomic mass is 10.1. The number of methoxy groups -OCH3 is 1. The minimum atomic E-state index is 0.139. The van der Waals surface area contributed by atoms with Crippen LogP contribution < -0.4 is 10.1 Å². The highest BCUT2D eigenvalue weighted by Gasteiger charge is 2.13. The average molecular weight is 223 g/mol. The van der Waals surface area contributed by atoms with Crippen LogP contribution in [0.4, 0.5) is 0 Å². The van der Waals surface area contributed by atoms with Crippen molar-refractivity contribution in [3.05, 3.63) is 29.8 Å². The first-order valence-corrected chi connectivity index (χ1v) is 5.72. The van der Waals surface area contributed by atoms with Crippen molar-refractivity contribution in [2.45, 2.75) is 32.4 Å². The minimum absolute atomic E-state index is 0.139. The molecule has 90 valence electrons. The van der Waals surface area contributed by atoms with E-state index in [4.69, 9.17) is 9.84 Å². The molecule has 0 bridgehead atoms. The number of hydrogen-bond donors (Lipinski definition) is 2. The molecule has 1 rings (SSSR count). The highest BCUT2D eigenvalue weighted by molar-refractivity contribution is 5.35. The molecule has 0 saturated heterocycles. The van der Waals surface area contributed by atoms with Crippen LogP contribution >= 0.6 is 0 Å². The zero-order valence-electron chi connectivity index (χ0n) is 10.2. The maximum atomic E-state index is 9.15. The van der Waals surface area contributed by atoms with E-state index in [1.165, 1.54) is 0 Å². The average Bonchev–Trinajstić information content (AvgIpc) is 2.35. The van der Waals surface area contributed by atoms with Crippen LogP contribution in [0.25, 0.3) is 0 Å². The molecule has 2 atom stereocenters. The van der Waals surface area contributed by atoms with Gasteiger partial charge in [-0.05, 0) is 19.4 Å². The molecule has 0 heterocycles. The van der Waals surface area contributed by atoms with Crippen molar-refractivity contribution in [3.8, 4) is 5.75 Å². The van der Waals surface area contributed by atoms with Gasteiger partial charge < -0.3 is 15.2 Å². The number of aliphatic hydroxyl groups excluding tert-OH is 1. The fourth-order valence-electron chi connectivity index (χ4n) is 1.77. The molecule has 3 heteroatoms. The van der Waals surface area contributed by atoms with Gasteiger partial charge in [-0.25, -0.2) is 0 Å². The van der Waals surface area contributed by atoms with Crippen LogP contribution in [0.1, 0.15) is 31.9 Å². The number of ether oxygens (including phenoxy) is 1. The number of hydrogen-bond acceptors (Lipinski definition) is 3. The Labute approximate surface area is 97.4 Å². The summed E-state index contributed by atoms with van der Waals surface area (Å²) < 4.78 is 5.31. The Morgan fingerprint density at radius 3 is 2.62 bits per heavy atom. The maximum absolute atomic E-state index is 9.15. The predicted octanol–water partition coefficient (Wildman–Crippen LogP) is 2.12. The summed E-state index contributed by atoms with van der Waals surface area (Å²) >= 11 is 0. The third kappa shape index (κ3) is 3.22. The molecule has 0 spiro atoms. The van der Waals surface area contributed by atoms with Gasteiger partial charge in [-0.3, -0.25) is 0 Å². The van der Waals surface area contributed by atoms with Crippen molar-refractivity contribution in [2.24, 2.45) is 0 Å². The van der Waals surface area contributed by atoms with Crippen molar-refractivity contribution in [1.29, 1.82) is 0 Å². The molecular formula is C13H21NO2. The van der Waals surface area contributed by atoms with Crippen LogP contribution in [0.5, 0.6) is 5.75 Å². The third-order valence-electron chi connectivity index (χ3n) is 2.80. The molecule has 0 saturated carbocycles. The summed E-state index contributed by atoms with van der Waals surface area (Å²) in [7, 11) is 1.68. The number of rotatable bonds is 6. The van der Waals surface area contributed by atoms with Gasteiger partial charge in [-0.2, -0.15) is 0 Å². The maximum Gasteiger partial charge on any atom is 0.123 e. The van der Waals surface area contributed by atoms with Gasteiger partial charge in [0.1, 0.15) is 5.75 Å². The number of aliphatic hydroxyl groups is 1. The number of nitrogens with one attached hydrogen (secondary N) is 1. The van der Waals surface area contributed by atoms with E-state index in [2.05, 4.69) is 19.2 Å². The first kappa shape index (κ1) is 13.0. The van der Waals surface area contributed by atoms with Gasteiger partial charge in [0, 0.05) is 17.6 Å². The van der Waals surface area contributed by atoms with E-state index in [9.17, 15) is 0 Å². The zero-order chi connectivity index (χ0) is 12.0. The molecule has 0 amide bonds. The summed E-state index contributed by atoms with van der Waals surface area (Å²) in [5.74, 6) is 0.885. The van der Waals surface area contributed by atoms with Crippen molar-refractivity contribution >= 4 is 0 Å². The first-order valence-electron chi connectivity index (χ1n) is 5.72. The van der Waals surface area contributed by atoms with Gasteiger partial charge in [-0.1, -0.05) is 25.1 Å². The van der Waals surface area contributed by atoms with E-state index < -0.39 is 0 Å². The molecule has 0 fully saturated rings. The van der Waals surface area contributed by atoms with E-state index in [1.54, 1.807) is 7.11 Å². The Morgan fingerprint density at radius 2 is 2.06 bits per heavy atom. The quantitative estimate of drug-likeness (QED) is 0.776. The fraction of sp³-hybridized carbons (Fsp3) is 0.538. The SMILES string of the molecule is CC[C@H](CO)N[C@H](C)c1ccccc1OC. The van der Waals surface area contributed by atoms with Gasteiger partial charge in [0.15, 0.2) is 0 Å². The molecule has 0 aliphatic heterocycles. The van der Waals surface area contributed by atoms with Crippen LogP contribution in [0.2, 0.25) is 0 Å². The molecular weight excluding hydrogens is 202 g/mol. The highest BCUT2D eigenvalue weighted by Crippen LogP contribution is 2.24. The van der Waals surface area contributed by atoms with Crippen LogP contribution in [-0.2, 0) is 0 Å². The molecule has 0 unspecified atom stereocenters. The molecule has 1 aromatic rings. The lowest BCUT2D eigenvalue weighted by Crippen LogP contribution is -2.34. The molecule has 16 heavy (non-hydrogen) atoms. The Hall–Kier alpha value is -1.06. The summed E-state index contributed by atoms with van der Waals surface area (Å²) in [6.07, 6.45) is 0.913. The second-order valence-electron chi connectivity index (χ2n) is 3.92. The van der Waals surface area contributed by atoms with Crippen LogP contribution in [0, 0.1) is 0 Å². The highest BCUT2D eigenvalue weighted by atomic mass is 16.5. The van der Waals surface area contributed by atoms with Gasteiger partial charge in [0.2, 0.25) is 0 Å². The van der Waals surface area contributed by atoms with E-state index in [1.807, 2.05) is 24.3 Å². The Balaban J connectivity index is 2.75. The van der Waals surface area contributed by atoms with Crippen molar-refractivity contribution in [2.75, 3.05) is 13.7 Å². The summed E-state index contributed by atoms with van der Waals surface area (Å²) in [4.78, 5) is 0. The van der Waals surface area contributed by atoms with Gasteiger partial charge in [0.25, 0.3) is 0 Å². The Bertz CT molecular complexity index is 311. The van der Waals surface area contributed by atoms with E-state index in [-0.39, 0.29) is 18.7 Å². The Kier molecular flexibility index (Phi) is 5.29. The second kappa shape index (κ2) is 6.51. The van der Waals surface area contributed by atoms with E-state index >= 15 is 0 Å². The van der Waals surface area contributed by atoms with Crippen LogP contribution in [0.15, 0.2) is 24.3 Å². The largest absolute Gasteiger partial charge is 0.496 e. The van der Waals surface area contributed by atoms with E-state index in [0.717, 1.165) is 17.7 Å². The van der Waals surface area contributed by atoms with Gasteiger partial charge in [-0.15, -0.1) is 0 Å². The standard InChI is InChI=1S/C13H21NO2/c1-4-11(9-15)14-10(2)12-7-5-6-8-13(12)16-3/h5-8,10-11,14-15H,4,9H2,1-3H3/t10-,11-/m1/s1. The van der Waals surface area contributed by atoms with Gasteiger partial charge in [0.05, 0.1) is 13.7 Å². The fourth-order valence-corrected chi connectivity index (χ4v) is 1.77. The number of para-hydroxylation sites is 1. The summed E-state index contributed by atoms with van der Waals surface area (Å²) in [6, 6.07) is 8.26. The molecule has 0 aliphatic carbocycles. The van der Waals surface area contributed by atoms with Crippen molar-refractivity contribution in [1.82, 2.24) is 5.32 Å². The lowest BCUT2D eigenvalue weighted by molar-refractivity contribution is 0.229. The topological polar surface area (TPSA) is 41.5 Å². The summed E-state index contributed by atoms with van der Waals surface area (Å²) in [5, 5.41) is 12.5. The van der Waals surface area contributed by atoms with Crippen LogP contribution in [0.3, 0.4) is 0 Å². The van der Waals surface area contributed by atoms with E-state index in [0.29, 0.717) is 0 Å². The lowest BCUT2D eigenvalue weighted by Gasteiger charge is -2.22. The Morgan fingerprint density at radius 1 is 1.38 bits per heavy atom.